The highest BCUT2D eigenvalue weighted by Gasteiger charge is 2.10. The standard InChI is InChI=1S/C30H20ClN/c31-27-18-9-19-28-29(27)25-15-7-6-13-23(25)22-12-4-5-14-24(22)26-17-8-16-21(30(26)32-28)20-10-2-1-3-11-20/h1-19,32H/i9D,18D,19D. The Morgan fingerprint density at radius 3 is 1.94 bits per heavy atom. The maximum absolute atomic E-state index is 8.84. The maximum Gasteiger partial charge on any atom is 0.0645 e. The van der Waals surface area contributed by atoms with E-state index in [1.165, 1.54) is 0 Å². The molecular formula is C30H20ClN. The summed E-state index contributed by atoms with van der Waals surface area (Å²) in [5.74, 6) is 0. The van der Waals surface area contributed by atoms with Crippen molar-refractivity contribution in [3.8, 4) is 11.1 Å². The molecular weight excluding hydrogens is 410 g/mol. The Hall–Kier alpha value is -3.81. The summed E-state index contributed by atoms with van der Waals surface area (Å²) in [5, 5.41) is 5.59. The van der Waals surface area contributed by atoms with Crippen LogP contribution in [0.1, 0.15) is 4.11 Å². The average molecular weight is 433 g/mol. The first kappa shape index (κ1) is 15.9. The van der Waals surface area contributed by atoms with Crippen molar-refractivity contribution >= 4 is 55.0 Å². The van der Waals surface area contributed by atoms with E-state index in [1.807, 2.05) is 60.7 Å². The van der Waals surface area contributed by atoms with E-state index in [1.54, 1.807) is 0 Å². The van der Waals surface area contributed by atoms with Gasteiger partial charge in [0, 0.05) is 21.9 Å². The minimum absolute atomic E-state index is 0.0519. The van der Waals surface area contributed by atoms with Crippen molar-refractivity contribution < 1.29 is 4.11 Å². The fourth-order valence-electron chi connectivity index (χ4n) is 4.51. The van der Waals surface area contributed by atoms with Gasteiger partial charge in [0.1, 0.15) is 0 Å². The zero-order chi connectivity index (χ0) is 24.1. The largest absolute Gasteiger partial charge is 0.354 e. The molecule has 0 aliphatic carbocycles. The van der Waals surface area contributed by atoms with Crippen LogP contribution in [0.4, 0.5) is 0 Å². The molecule has 32 heavy (non-hydrogen) atoms. The fraction of sp³-hybridized carbons (Fsp3) is 0. The van der Waals surface area contributed by atoms with Crippen LogP contribution in [0.5, 0.6) is 0 Å². The van der Waals surface area contributed by atoms with Crippen molar-refractivity contribution in [2.45, 2.75) is 0 Å². The van der Waals surface area contributed by atoms with E-state index in [4.69, 9.17) is 15.7 Å². The SMILES string of the molecule is [2H]c1c([2H])c(Cl)c2c([nH]c3c(-c4ccccc4)cccc3c3ccccc3c3ccccc32)c1[2H]. The topological polar surface area (TPSA) is 15.8 Å². The van der Waals surface area contributed by atoms with Crippen molar-refractivity contribution in [1.29, 1.82) is 0 Å². The molecule has 0 spiro atoms. The van der Waals surface area contributed by atoms with Gasteiger partial charge < -0.3 is 4.98 Å². The number of nitrogens with one attached hydrogen (secondary N) is 1. The lowest BCUT2D eigenvalue weighted by molar-refractivity contribution is 1.51. The van der Waals surface area contributed by atoms with E-state index < -0.39 is 0 Å². The Balaban J connectivity index is 2.05. The summed E-state index contributed by atoms with van der Waals surface area (Å²) in [5.41, 5.74) is 3.28. The molecule has 0 radical (unpaired) electrons. The number of aromatic nitrogens is 1. The van der Waals surface area contributed by atoms with Gasteiger partial charge in [0.05, 0.1) is 14.7 Å². The summed E-state index contributed by atoms with van der Waals surface area (Å²) in [7, 11) is 0. The lowest BCUT2D eigenvalue weighted by Crippen LogP contribution is -1.84. The smallest absolute Gasteiger partial charge is 0.0645 e. The summed E-state index contributed by atoms with van der Waals surface area (Å²) >= 11 is 6.78. The first-order valence-corrected chi connectivity index (χ1v) is 10.9. The minimum atomic E-state index is -0.200. The van der Waals surface area contributed by atoms with Gasteiger partial charge in [-0.1, -0.05) is 115 Å². The lowest BCUT2D eigenvalue weighted by Gasteiger charge is -2.08. The Morgan fingerprint density at radius 1 is 0.594 bits per heavy atom. The molecule has 0 saturated carbocycles. The lowest BCUT2D eigenvalue weighted by atomic mass is 9.98. The second-order valence-electron chi connectivity index (χ2n) is 7.75. The molecule has 0 bridgehead atoms. The molecule has 0 fully saturated rings. The summed E-state index contributed by atoms with van der Waals surface area (Å²) in [6.07, 6.45) is 0. The Morgan fingerprint density at radius 2 is 1.19 bits per heavy atom. The highest BCUT2D eigenvalue weighted by molar-refractivity contribution is 6.38. The molecule has 152 valence electrons. The summed E-state index contributed by atoms with van der Waals surface area (Å²) in [6.45, 7) is 0. The van der Waals surface area contributed by atoms with Crippen LogP contribution in [0.3, 0.4) is 0 Å². The van der Waals surface area contributed by atoms with Gasteiger partial charge in [-0.15, -0.1) is 0 Å². The molecule has 1 heterocycles. The third-order valence-electron chi connectivity index (χ3n) is 5.93. The molecule has 5 aromatic carbocycles. The van der Waals surface area contributed by atoms with Gasteiger partial charge in [-0.3, -0.25) is 0 Å². The predicted octanol–water partition coefficient (Wildman–Crippen LogP) is 9.07. The van der Waals surface area contributed by atoms with Crippen LogP contribution >= 0.6 is 11.6 Å². The number of H-pyrrole nitrogens is 1. The van der Waals surface area contributed by atoms with E-state index in [-0.39, 0.29) is 23.1 Å². The molecule has 0 unspecified atom stereocenters. The number of aromatic amines is 1. The zero-order valence-corrected chi connectivity index (χ0v) is 17.9. The number of hydrogen-bond donors (Lipinski definition) is 1. The van der Waals surface area contributed by atoms with Crippen LogP contribution < -0.4 is 0 Å². The summed E-state index contributed by atoms with van der Waals surface area (Å²) in [6, 6.07) is 32.1. The van der Waals surface area contributed by atoms with Gasteiger partial charge in [0.15, 0.2) is 0 Å². The van der Waals surface area contributed by atoms with Crippen LogP contribution in [-0.4, -0.2) is 4.98 Å². The van der Waals surface area contributed by atoms with Gasteiger partial charge >= 0.3 is 0 Å². The van der Waals surface area contributed by atoms with Crippen molar-refractivity contribution in [3.05, 3.63) is 120 Å². The van der Waals surface area contributed by atoms with Gasteiger partial charge in [-0.05, 0) is 39.2 Å². The Labute approximate surface area is 195 Å². The molecule has 0 amide bonds. The third kappa shape index (κ3) is 3.02. The first-order chi connectivity index (χ1) is 17.1. The van der Waals surface area contributed by atoms with E-state index in [0.717, 1.165) is 43.6 Å². The van der Waals surface area contributed by atoms with E-state index in [2.05, 4.69) is 41.4 Å². The zero-order valence-electron chi connectivity index (χ0n) is 20.1. The second kappa shape index (κ2) is 7.71. The number of benzene rings is 5. The maximum atomic E-state index is 8.84. The highest BCUT2D eigenvalue weighted by atomic mass is 35.5. The van der Waals surface area contributed by atoms with Crippen LogP contribution in [0, 0.1) is 0 Å². The Bertz CT molecular complexity index is 1840. The molecule has 0 atom stereocenters. The quantitative estimate of drug-likeness (QED) is 0.266. The average Bonchev–Trinajstić information content (AvgIpc) is 2.96. The van der Waals surface area contributed by atoms with Crippen molar-refractivity contribution in [2.24, 2.45) is 0 Å². The van der Waals surface area contributed by atoms with Gasteiger partial charge in [-0.25, -0.2) is 0 Å². The number of halogens is 1. The fourth-order valence-corrected chi connectivity index (χ4v) is 4.76. The molecule has 1 aromatic heterocycles. The van der Waals surface area contributed by atoms with E-state index in [9.17, 15) is 0 Å². The molecule has 6 rings (SSSR count). The number of rotatable bonds is 1. The van der Waals surface area contributed by atoms with Crippen LogP contribution in [-0.2, 0) is 0 Å². The summed E-state index contributed by atoms with van der Waals surface area (Å²) in [4.78, 5) is 3.53. The number of hydrogen-bond acceptors (Lipinski definition) is 0. The molecule has 2 heteroatoms. The monoisotopic (exact) mass is 432 g/mol. The van der Waals surface area contributed by atoms with Crippen LogP contribution in [0.25, 0.3) is 54.5 Å². The molecule has 0 saturated heterocycles. The number of para-hydroxylation sites is 1. The Kier molecular flexibility index (Phi) is 3.83. The highest BCUT2D eigenvalue weighted by Crippen LogP contribution is 2.36. The number of fused-ring (bicyclic) bond motifs is 7. The molecule has 1 nitrogen and oxygen atoms in total. The second-order valence-corrected chi connectivity index (χ2v) is 8.13. The molecule has 0 aliphatic heterocycles. The van der Waals surface area contributed by atoms with Gasteiger partial charge in [0.25, 0.3) is 0 Å². The van der Waals surface area contributed by atoms with Crippen LogP contribution in [0.15, 0.2) is 115 Å². The summed E-state index contributed by atoms with van der Waals surface area (Å²) < 4.78 is 25.7. The van der Waals surface area contributed by atoms with Crippen molar-refractivity contribution in [2.75, 3.05) is 0 Å². The van der Waals surface area contributed by atoms with Crippen molar-refractivity contribution in [3.63, 3.8) is 0 Å². The molecule has 1 N–H and O–H groups in total. The van der Waals surface area contributed by atoms with E-state index >= 15 is 0 Å². The first-order valence-electron chi connectivity index (χ1n) is 12.0. The van der Waals surface area contributed by atoms with Crippen molar-refractivity contribution in [1.82, 2.24) is 4.98 Å². The molecule has 0 aliphatic rings. The molecule has 6 aromatic rings. The predicted molar refractivity (Wildman–Crippen MR) is 139 cm³/mol. The van der Waals surface area contributed by atoms with E-state index in [0.29, 0.717) is 10.9 Å². The van der Waals surface area contributed by atoms with Gasteiger partial charge in [-0.2, -0.15) is 0 Å². The minimum Gasteiger partial charge on any atom is -0.354 e. The van der Waals surface area contributed by atoms with Gasteiger partial charge in [0.2, 0.25) is 0 Å². The normalized spacial score (nSPS) is 12.6. The third-order valence-corrected chi connectivity index (χ3v) is 6.22. The van der Waals surface area contributed by atoms with Crippen LogP contribution in [0.2, 0.25) is 5.02 Å².